The van der Waals surface area contributed by atoms with Crippen molar-refractivity contribution in [1.82, 2.24) is 5.32 Å². The van der Waals surface area contributed by atoms with Crippen LogP contribution in [-0.2, 0) is 0 Å². The van der Waals surface area contributed by atoms with Gasteiger partial charge in [0, 0.05) is 6.04 Å². The fourth-order valence-electron chi connectivity index (χ4n) is 2.16. The first-order valence-corrected chi connectivity index (χ1v) is 7.12. The molecular formula is C17H21NO2. The molecule has 2 rings (SSSR count). The lowest BCUT2D eigenvalue weighted by Gasteiger charge is -2.16. The van der Waals surface area contributed by atoms with Crippen LogP contribution in [0.25, 0.3) is 10.8 Å². The van der Waals surface area contributed by atoms with Crippen LogP contribution in [0.3, 0.4) is 0 Å². The number of hydrogen-bond acceptors (Lipinski definition) is 2. The van der Waals surface area contributed by atoms with Crippen LogP contribution in [-0.4, -0.2) is 18.6 Å². The molecule has 0 bridgehead atoms. The minimum Gasteiger partial charge on any atom is -0.493 e. The Bertz CT molecular complexity index is 607. The number of fused-ring (bicyclic) bond motifs is 1. The maximum absolute atomic E-state index is 12.5. The molecule has 1 N–H and O–H groups in total. The predicted octanol–water partition coefficient (Wildman–Crippen LogP) is 3.77. The van der Waals surface area contributed by atoms with E-state index in [2.05, 4.69) is 12.2 Å². The maximum Gasteiger partial charge on any atom is 0.255 e. The summed E-state index contributed by atoms with van der Waals surface area (Å²) in [6.07, 6.45) is 0.903. The highest BCUT2D eigenvalue weighted by Crippen LogP contribution is 2.28. The average molecular weight is 271 g/mol. The minimum atomic E-state index is -0.0698. The molecule has 1 atom stereocenters. The second kappa shape index (κ2) is 6.42. The molecule has 0 heterocycles. The molecule has 0 aliphatic carbocycles. The molecule has 0 aliphatic rings. The van der Waals surface area contributed by atoms with E-state index in [0.717, 1.165) is 17.2 Å². The van der Waals surface area contributed by atoms with Gasteiger partial charge in [-0.05, 0) is 37.1 Å². The molecule has 0 aliphatic heterocycles. The Hall–Kier alpha value is -2.03. The lowest BCUT2D eigenvalue weighted by molar-refractivity contribution is 0.0937. The highest BCUT2D eigenvalue weighted by atomic mass is 16.5. The number of hydrogen-bond donors (Lipinski definition) is 1. The van der Waals surface area contributed by atoms with E-state index < -0.39 is 0 Å². The number of nitrogens with one attached hydrogen (secondary N) is 1. The van der Waals surface area contributed by atoms with Crippen LogP contribution >= 0.6 is 0 Å². The fourth-order valence-corrected chi connectivity index (χ4v) is 2.16. The predicted molar refractivity (Wildman–Crippen MR) is 82.3 cm³/mol. The summed E-state index contributed by atoms with van der Waals surface area (Å²) < 4.78 is 5.62. The smallest absolute Gasteiger partial charge is 0.255 e. The molecule has 3 nitrogen and oxygen atoms in total. The van der Waals surface area contributed by atoms with Crippen LogP contribution < -0.4 is 10.1 Å². The Morgan fingerprint density at radius 1 is 1.20 bits per heavy atom. The van der Waals surface area contributed by atoms with Crippen molar-refractivity contribution in [2.45, 2.75) is 33.2 Å². The third-order valence-corrected chi connectivity index (χ3v) is 3.41. The van der Waals surface area contributed by atoms with Crippen LogP contribution in [0.4, 0.5) is 0 Å². The van der Waals surface area contributed by atoms with Gasteiger partial charge in [0.15, 0.2) is 0 Å². The summed E-state index contributed by atoms with van der Waals surface area (Å²) >= 11 is 0. The Labute approximate surface area is 119 Å². The van der Waals surface area contributed by atoms with Crippen molar-refractivity contribution in [2.75, 3.05) is 6.61 Å². The number of rotatable bonds is 5. The van der Waals surface area contributed by atoms with Crippen LogP contribution in [0.2, 0.25) is 0 Å². The number of carbonyl (C=O) groups excluding carboxylic acids is 1. The van der Waals surface area contributed by atoms with E-state index in [4.69, 9.17) is 4.74 Å². The van der Waals surface area contributed by atoms with Gasteiger partial charge in [-0.1, -0.05) is 37.3 Å². The van der Waals surface area contributed by atoms with E-state index in [-0.39, 0.29) is 11.9 Å². The van der Waals surface area contributed by atoms with Gasteiger partial charge in [0.05, 0.1) is 12.2 Å². The van der Waals surface area contributed by atoms with Gasteiger partial charge in [0.25, 0.3) is 5.91 Å². The van der Waals surface area contributed by atoms with Crippen molar-refractivity contribution >= 4 is 16.7 Å². The largest absolute Gasteiger partial charge is 0.493 e. The monoisotopic (exact) mass is 271 g/mol. The van der Waals surface area contributed by atoms with Crippen LogP contribution in [0.1, 0.15) is 37.6 Å². The summed E-state index contributed by atoms with van der Waals surface area (Å²) in [5.41, 5.74) is 0.630. The summed E-state index contributed by atoms with van der Waals surface area (Å²) in [6, 6.07) is 11.9. The van der Waals surface area contributed by atoms with E-state index in [1.54, 1.807) is 0 Å². The molecule has 0 spiro atoms. The third kappa shape index (κ3) is 2.93. The van der Waals surface area contributed by atoms with Crippen LogP contribution in [0, 0.1) is 0 Å². The summed E-state index contributed by atoms with van der Waals surface area (Å²) in [5, 5.41) is 4.99. The summed E-state index contributed by atoms with van der Waals surface area (Å²) in [6.45, 7) is 6.52. The first kappa shape index (κ1) is 14.4. The van der Waals surface area contributed by atoms with Gasteiger partial charge in [0.1, 0.15) is 5.75 Å². The zero-order chi connectivity index (χ0) is 14.5. The molecule has 3 heteroatoms. The van der Waals surface area contributed by atoms with E-state index in [1.807, 2.05) is 50.2 Å². The molecule has 0 fully saturated rings. The molecule has 106 valence electrons. The molecule has 0 aromatic heterocycles. The summed E-state index contributed by atoms with van der Waals surface area (Å²) in [4.78, 5) is 12.5. The van der Waals surface area contributed by atoms with Crippen molar-refractivity contribution in [3.63, 3.8) is 0 Å². The van der Waals surface area contributed by atoms with E-state index in [9.17, 15) is 4.79 Å². The van der Waals surface area contributed by atoms with Crippen LogP contribution in [0.5, 0.6) is 5.75 Å². The standard InChI is InChI=1S/C17H21NO2/c1-4-12(3)18-17(19)16-14-9-7-6-8-13(14)10-11-15(16)20-5-2/h6-12H,4-5H2,1-3H3,(H,18,19)/t12-/m0/s1. The van der Waals surface area contributed by atoms with E-state index in [0.29, 0.717) is 17.9 Å². The normalized spacial score (nSPS) is 12.2. The first-order chi connectivity index (χ1) is 9.67. The number of ether oxygens (including phenoxy) is 1. The van der Waals surface area contributed by atoms with Crippen molar-refractivity contribution in [2.24, 2.45) is 0 Å². The van der Waals surface area contributed by atoms with Gasteiger partial charge in [-0.15, -0.1) is 0 Å². The lowest BCUT2D eigenvalue weighted by atomic mass is 10.0. The second-order valence-corrected chi connectivity index (χ2v) is 4.88. The van der Waals surface area contributed by atoms with Gasteiger partial charge >= 0.3 is 0 Å². The zero-order valence-electron chi connectivity index (χ0n) is 12.3. The molecule has 2 aromatic rings. The summed E-state index contributed by atoms with van der Waals surface area (Å²) in [5.74, 6) is 0.576. The molecule has 0 saturated carbocycles. The van der Waals surface area contributed by atoms with Gasteiger partial charge in [-0.2, -0.15) is 0 Å². The maximum atomic E-state index is 12.5. The second-order valence-electron chi connectivity index (χ2n) is 4.88. The Kier molecular flexibility index (Phi) is 4.61. The molecule has 0 unspecified atom stereocenters. The van der Waals surface area contributed by atoms with Crippen molar-refractivity contribution in [3.05, 3.63) is 42.0 Å². The van der Waals surface area contributed by atoms with E-state index >= 15 is 0 Å². The van der Waals surface area contributed by atoms with Crippen LogP contribution in [0.15, 0.2) is 36.4 Å². The van der Waals surface area contributed by atoms with Crippen molar-refractivity contribution < 1.29 is 9.53 Å². The zero-order valence-corrected chi connectivity index (χ0v) is 12.3. The Morgan fingerprint density at radius 3 is 2.65 bits per heavy atom. The molecule has 0 radical (unpaired) electrons. The number of benzene rings is 2. The van der Waals surface area contributed by atoms with Gasteiger partial charge in [0.2, 0.25) is 0 Å². The molecule has 2 aromatic carbocycles. The SMILES string of the molecule is CCOc1ccc2ccccc2c1C(=O)N[C@@H](C)CC. The Morgan fingerprint density at radius 2 is 1.95 bits per heavy atom. The first-order valence-electron chi connectivity index (χ1n) is 7.12. The number of amides is 1. The minimum absolute atomic E-state index is 0.0698. The molecule has 1 amide bonds. The fraction of sp³-hybridized carbons (Fsp3) is 0.353. The van der Waals surface area contributed by atoms with E-state index in [1.165, 1.54) is 0 Å². The van der Waals surface area contributed by atoms with Gasteiger partial charge in [-0.25, -0.2) is 0 Å². The molecule has 20 heavy (non-hydrogen) atoms. The highest BCUT2D eigenvalue weighted by molar-refractivity contribution is 6.09. The Balaban J connectivity index is 2.51. The number of carbonyl (C=O) groups is 1. The highest BCUT2D eigenvalue weighted by Gasteiger charge is 2.17. The lowest BCUT2D eigenvalue weighted by Crippen LogP contribution is -2.32. The van der Waals surface area contributed by atoms with Crippen molar-refractivity contribution in [3.8, 4) is 5.75 Å². The quantitative estimate of drug-likeness (QED) is 0.899. The summed E-state index contributed by atoms with van der Waals surface area (Å²) in [7, 11) is 0. The molecule has 0 saturated heterocycles. The van der Waals surface area contributed by atoms with Gasteiger partial charge < -0.3 is 10.1 Å². The van der Waals surface area contributed by atoms with Crippen molar-refractivity contribution in [1.29, 1.82) is 0 Å². The third-order valence-electron chi connectivity index (χ3n) is 3.41. The molecular weight excluding hydrogens is 250 g/mol. The van der Waals surface area contributed by atoms with Gasteiger partial charge in [-0.3, -0.25) is 4.79 Å². The average Bonchev–Trinajstić information content (AvgIpc) is 2.47. The topological polar surface area (TPSA) is 38.3 Å².